The van der Waals surface area contributed by atoms with Crippen LogP contribution in [0.4, 0.5) is 5.69 Å². The summed E-state index contributed by atoms with van der Waals surface area (Å²) >= 11 is 3.46. The summed E-state index contributed by atoms with van der Waals surface area (Å²) in [6.07, 6.45) is 5.10. The number of hydrogen-bond donors (Lipinski definition) is 0. The minimum Gasteiger partial charge on any atom is -0.311 e. The molecule has 1 aliphatic carbocycles. The van der Waals surface area contributed by atoms with Gasteiger partial charge in [0.1, 0.15) is 0 Å². The van der Waals surface area contributed by atoms with Crippen LogP contribution in [0.5, 0.6) is 0 Å². The van der Waals surface area contributed by atoms with E-state index in [1.54, 1.807) is 4.90 Å². The molecule has 0 unspecified atom stereocenters. The highest BCUT2D eigenvalue weighted by molar-refractivity contribution is 9.10. The van der Waals surface area contributed by atoms with E-state index in [1.807, 2.05) is 31.3 Å². The summed E-state index contributed by atoms with van der Waals surface area (Å²) in [7, 11) is 1.82. The number of carbonyl (C=O) groups excluding carboxylic acids is 1. The largest absolute Gasteiger partial charge is 0.311 e. The topological polar surface area (TPSA) is 20.3 Å². The van der Waals surface area contributed by atoms with E-state index in [4.69, 9.17) is 0 Å². The molecule has 1 amide bonds. The molecule has 0 N–H and O–H groups in total. The lowest BCUT2D eigenvalue weighted by Gasteiger charge is -2.19. The first-order chi connectivity index (χ1) is 7.70. The average Bonchev–Trinajstić information content (AvgIpc) is 2.81. The number of anilines is 1. The van der Waals surface area contributed by atoms with Gasteiger partial charge in [-0.2, -0.15) is 0 Å². The Labute approximate surface area is 104 Å². The van der Waals surface area contributed by atoms with Crippen molar-refractivity contribution in [2.75, 3.05) is 11.9 Å². The van der Waals surface area contributed by atoms with Crippen molar-refractivity contribution in [3.05, 3.63) is 40.4 Å². The van der Waals surface area contributed by atoms with Gasteiger partial charge in [-0.15, -0.1) is 0 Å². The van der Waals surface area contributed by atoms with Crippen molar-refractivity contribution in [3.8, 4) is 0 Å². The van der Waals surface area contributed by atoms with E-state index in [2.05, 4.69) is 22.0 Å². The molecule has 1 aliphatic rings. The molecule has 0 saturated heterocycles. The molecule has 0 spiro atoms. The van der Waals surface area contributed by atoms with Crippen LogP contribution in [-0.2, 0) is 4.79 Å². The van der Waals surface area contributed by atoms with E-state index in [0.29, 0.717) is 0 Å². The van der Waals surface area contributed by atoms with Crippen LogP contribution >= 0.6 is 15.9 Å². The first-order valence-electron chi connectivity index (χ1n) is 5.42. The third kappa shape index (κ3) is 2.19. The summed E-state index contributed by atoms with van der Waals surface area (Å²) in [6, 6.07) is 7.77. The van der Waals surface area contributed by atoms with E-state index in [1.165, 1.54) is 0 Å². The van der Waals surface area contributed by atoms with Gasteiger partial charge in [0.25, 0.3) is 5.91 Å². The number of halogens is 1. The maximum Gasteiger partial charge on any atom is 0.253 e. The predicted octanol–water partition coefficient (Wildman–Crippen LogP) is 3.52. The zero-order valence-electron chi connectivity index (χ0n) is 9.24. The molecule has 0 atom stereocenters. The molecule has 2 rings (SSSR count). The molecule has 0 fully saturated rings. The Morgan fingerprint density at radius 3 is 2.75 bits per heavy atom. The smallest absolute Gasteiger partial charge is 0.253 e. The molecule has 0 aliphatic heterocycles. The lowest BCUT2D eigenvalue weighted by Crippen LogP contribution is -2.27. The van der Waals surface area contributed by atoms with Crippen LogP contribution in [0.25, 0.3) is 0 Å². The monoisotopic (exact) mass is 279 g/mol. The zero-order valence-corrected chi connectivity index (χ0v) is 10.8. The number of para-hydroxylation sites is 1. The molecule has 16 heavy (non-hydrogen) atoms. The number of benzene rings is 1. The van der Waals surface area contributed by atoms with Crippen molar-refractivity contribution in [1.29, 1.82) is 0 Å². The fraction of sp³-hybridized carbons (Fsp3) is 0.308. The van der Waals surface area contributed by atoms with Crippen molar-refractivity contribution >= 4 is 27.5 Å². The molecular formula is C13H14BrNO. The van der Waals surface area contributed by atoms with E-state index in [9.17, 15) is 4.79 Å². The van der Waals surface area contributed by atoms with Crippen molar-refractivity contribution in [2.45, 2.75) is 19.3 Å². The number of rotatable bonds is 2. The normalized spacial score (nSPS) is 14.8. The van der Waals surface area contributed by atoms with Crippen LogP contribution in [0.15, 0.2) is 40.4 Å². The lowest BCUT2D eigenvalue weighted by molar-refractivity contribution is -0.114. The van der Waals surface area contributed by atoms with Crippen LogP contribution in [0.2, 0.25) is 0 Å². The summed E-state index contributed by atoms with van der Waals surface area (Å²) in [5, 5.41) is 0. The standard InChI is InChI=1S/C13H14BrNO/c1-15(12-9-5-4-8-11(12)14)13(16)10-6-2-3-7-10/h4-6,8-9H,2-3,7H2,1H3. The number of nitrogens with zero attached hydrogens (tertiary/aromatic N) is 1. The number of carbonyl (C=O) groups is 1. The van der Waals surface area contributed by atoms with Crippen molar-refractivity contribution in [1.82, 2.24) is 0 Å². The van der Waals surface area contributed by atoms with Gasteiger partial charge >= 0.3 is 0 Å². The average molecular weight is 280 g/mol. The molecule has 2 nitrogen and oxygen atoms in total. The van der Waals surface area contributed by atoms with E-state index in [-0.39, 0.29) is 5.91 Å². The Hall–Kier alpha value is -1.09. The van der Waals surface area contributed by atoms with Gasteiger partial charge in [0.05, 0.1) is 5.69 Å². The minimum absolute atomic E-state index is 0.115. The molecule has 1 aromatic carbocycles. The Morgan fingerprint density at radius 2 is 2.12 bits per heavy atom. The summed E-state index contributed by atoms with van der Waals surface area (Å²) in [6.45, 7) is 0. The van der Waals surface area contributed by atoms with Crippen LogP contribution in [0.1, 0.15) is 19.3 Å². The third-order valence-electron chi connectivity index (χ3n) is 2.83. The van der Waals surface area contributed by atoms with Crippen LogP contribution in [0.3, 0.4) is 0 Å². The second-order valence-electron chi connectivity index (χ2n) is 3.94. The quantitative estimate of drug-likeness (QED) is 0.811. The molecule has 84 valence electrons. The van der Waals surface area contributed by atoms with Crippen molar-refractivity contribution < 1.29 is 4.79 Å². The molecule has 0 aromatic heterocycles. The SMILES string of the molecule is CN(C(=O)C1=CCCC1)c1ccccc1Br. The van der Waals surface area contributed by atoms with Gasteiger partial charge in [-0.25, -0.2) is 0 Å². The third-order valence-corrected chi connectivity index (χ3v) is 3.50. The van der Waals surface area contributed by atoms with Gasteiger partial charge < -0.3 is 4.90 Å². The van der Waals surface area contributed by atoms with Crippen molar-refractivity contribution in [2.24, 2.45) is 0 Å². The maximum absolute atomic E-state index is 12.1. The molecule has 0 radical (unpaired) electrons. The molecule has 0 heterocycles. The van der Waals surface area contributed by atoms with Crippen molar-refractivity contribution in [3.63, 3.8) is 0 Å². The first kappa shape index (κ1) is 11.4. The van der Waals surface area contributed by atoms with Gasteiger partial charge in [0.15, 0.2) is 0 Å². The Bertz CT molecular complexity index is 439. The van der Waals surface area contributed by atoms with Crippen LogP contribution in [-0.4, -0.2) is 13.0 Å². The maximum atomic E-state index is 12.1. The highest BCUT2D eigenvalue weighted by atomic mass is 79.9. The van der Waals surface area contributed by atoms with Gasteiger partial charge in [-0.05, 0) is 47.3 Å². The fourth-order valence-corrected chi connectivity index (χ4v) is 2.46. The molecule has 0 saturated carbocycles. The van der Waals surface area contributed by atoms with E-state index >= 15 is 0 Å². The number of likely N-dealkylation sites (N-methyl/N-ethyl adjacent to an activating group) is 1. The Balaban J connectivity index is 2.22. The zero-order chi connectivity index (χ0) is 11.5. The van der Waals surface area contributed by atoms with Gasteiger partial charge in [0, 0.05) is 17.1 Å². The minimum atomic E-state index is 0.115. The van der Waals surface area contributed by atoms with Crippen LogP contribution in [0, 0.1) is 0 Å². The van der Waals surface area contributed by atoms with Gasteiger partial charge in [-0.1, -0.05) is 18.2 Å². The highest BCUT2D eigenvalue weighted by Gasteiger charge is 2.19. The molecule has 0 bridgehead atoms. The molecular weight excluding hydrogens is 266 g/mol. The Morgan fingerprint density at radius 1 is 1.38 bits per heavy atom. The summed E-state index contributed by atoms with van der Waals surface area (Å²) in [4.78, 5) is 13.8. The van der Waals surface area contributed by atoms with E-state index in [0.717, 1.165) is 35.0 Å². The highest BCUT2D eigenvalue weighted by Crippen LogP contribution is 2.27. The summed E-state index contributed by atoms with van der Waals surface area (Å²) in [5.41, 5.74) is 1.86. The second kappa shape index (κ2) is 4.83. The summed E-state index contributed by atoms with van der Waals surface area (Å²) in [5.74, 6) is 0.115. The van der Waals surface area contributed by atoms with E-state index < -0.39 is 0 Å². The molecule has 1 aromatic rings. The molecule has 3 heteroatoms. The summed E-state index contributed by atoms with van der Waals surface area (Å²) < 4.78 is 0.949. The predicted molar refractivity (Wildman–Crippen MR) is 69.5 cm³/mol. The van der Waals surface area contributed by atoms with Gasteiger partial charge in [-0.3, -0.25) is 4.79 Å². The van der Waals surface area contributed by atoms with Crippen LogP contribution < -0.4 is 4.90 Å². The van der Waals surface area contributed by atoms with Gasteiger partial charge in [0.2, 0.25) is 0 Å². The fourth-order valence-electron chi connectivity index (χ4n) is 1.91. The second-order valence-corrected chi connectivity index (χ2v) is 4.79. The Kier molecular flexibility index (Phi) is 3.44. The number of amides is 1. The lowest BCUT2D eigenvalue weighted by atomic mass is 10.2. The number of allylic oxidation sites excluding steroid dienone is 1. The number of hydrogen-bond acceptors (Lipinski definition) is 1. The first-order valence-corrected chi connectivity index (χ1v) is 6.21.